The van der Waals surface area contributed by atoms with E-state index in [4.69, 9.17) is 17.0 Å². The van der Waals surface area contributed by atoms with E-state index in [1.165, 1.54) is 24.3 Å². The summed E-state index contributed by atoms with van der Waals surface area (Å²) in [5, 5.41) is 16.1. The Kier molecular flexibility index (Phi) is 6.62. The summed E-state index contributed by atoms with van der Waals surface area (Å²) in [6.07, 6.45) is 1.78. The number of pyridine rings is 1. The van der Waals surface area contributed by atoms with Crippen molar-refractivity contribution in [2.24, 2.45) is 0 Å². The third-order valence-corrected chi connectivity index (χ3v) is 7.59. The highest BCUT2D eigenvalue weighted by Gasteiger charge is 2.42. The molecule has 1 aliphatic rings. The third-order valence-electron chi connectivity index (χ3n) is 7.28. The van der Waals surface area contributed by atoms with Crippen LogP contribution >= 0.6 is 12.2 Å². The summed E-state index contributed by atoms with van der Waals surface area (Å²) in [6, 6.07) is 18.7. The molecule has 5 rings (SSSR count). The van der Waals surface area contributed by atoms with E-state index >= 15 is 0 Å². The minimum atomic E-state index is -0.374. The fourth-order valence-electron chi connectivity index (χ4n) is 5.25. The molecule has 2 aromatic heterocycles. The molecule has 1 N–H and O–H groups in total. The molecule has 38 heavy (non-hydrogen) atoms. The molecule has 0 aliphatic carbocycles. The van der Waals surface area contributed by atoms with Gasteiger partial charge in [-0.3, -0.25) is 15.1 Å². The summed E-state index contributed by atoms with van der Waals surface area (Å²) in [4.78, 5) is 18.4. The van der Waals surface area contributed by atoms with E-state index in [2.05, 4.69) is 53.3 Å². The minimum Gasteiger partial charge on any atom is -0.496 e. The molecular weight excluding hydrogens is 498 g/mol. The van der Waals surface area contributed by atoms with Crippen molar-refractivity contribution in [3.63, 3.8) is 0 Å². The van der Waals surface area contributed by atoms with E-state index in [-0.39, 0.29) is 22.7 Å². The molecule has 0 amide bonds. The maximum Gasteiger partial charge on any atom is 0.296 e. The number of ether oxygens (including phenoxy) is 1. The Bertz CT molecular complexity index is 1550. The van der Waals surface area contributed by atoms with Crippen LogP contribution in [0.1, 0.15) is 45.9 Å². The van der Waals surface area contributed by atoms with E-state index in [1.807, 2.05) is 36.6 Å². The first kappa shape index (κ1) is 25.4. The molecule has 3 heterocycles. The molecule has 0 spiro atoms. The van der Waals surface area contributed by atoms with Crippen LogP contribution < -0.4 is 15.0 Å². The smallest absolute Gasteiger partial charge is 0.296 e. The third kappa shape index (κ3) is 4.28. The van der Waals surface area contributed by atoms with Gasteiger partial charge in [-0.2, -0.15) is 0 Å². The Balaban J connectivity index is 1.71. The molecule has 9 heteroatoms. The van der Waals surface area contributed by atoms with Gasteiger partial charge in [-0.05, 0) is 99.1 Å². The van der Waals surface area contributed by atoms with Gasteiger partial charge < -0.3 is 19.5 Å². The quantitative estimate of drug-likeness (QED) is 0.182. The average molecular weight is 528 g/mol. The molecule has 2 aromatic carbocycles. The van der Waals surface area contributed by atoms with Crippen LogP contribution in [0.2, 0.25) is 0 Å². The summed E-state index contributed by atoms with van der Waals surface area (Å²) in [5.74, 6) is 0.435. The number of benzene rings is 2. The second-order valence-corrected chi connectivity index (χ2v) is 9.93. The average Bonchev–Trinajstić information content (AvgIpc) is 3.40. The van der Waals surface area contributed by atoms with Gasteiger partial charge >= 0.3 is 0 Å². The SMILES string of the molecule is COc1ccc(-n2c(C)cc([C@H]3[C@H](c4ccccn4)NC(=S)N3c3ccc(C)c(C)c3)c2C)c([N+](=O)[O-])c1. The maximum atomic E-state index is 12.0. The zero-order valence-corrected chi connectivity index (χ0v) is 22.7. The van der Waals surface area contributed by atoms with E-state index < -0.39 is 0 Å². The highest BCUT2D eigenvalue weighted by molar-refractivity contribution is 7.80. The summed E-state index contributed by atoms with van der Waals surface area (Å²) in [7, 11) is 1.50. The van der Waals surface area contributed by atoms with Crippen molar-refractivity contribution in [1.82, 2.24) is 14.9 Å². The number of nitro groups is 1. The summed E-state index contributed by atoms with van der Waals surface area (Å²) >= 11 is 5.89. The lowest BCUT2D eigenvalue weighted by Gasteiger charge is -2.28. The highest BCUT2D eigenvalue weighted by atomic mass is 32.1. The molecule has 0 unspecified atom stereocenters. The highest BCUT2D eigenvalue weighted by Crippen LogP contribution is 2.44. The molecule has 1 aliphatic heterocycles. The van der Waals surface area contributed by atoms with Crippen LogP contribution in [0.3, 0.4) is 0 Å². The predicted molar refractivity (Wildman–Crippen MR) is 152 cm³/mol. The molecule has 194 valence electrons. The van der Waals surface area contributed by atoms with Gasteiger partial charge in [0.25, 0.3) is 5.69 Å². The van der Waals surface area contributed by atoms with Crippen LogP contribution in [0, 0.1) is 37.8 Å². The Labute approximate surface area is 227 Å². The van der Waals surface area contributed by atoms with Crippen LogP contribution in [-0.4, -0.2) is 26.7 Å². The summed E-state index contributed by atoms with van der Waals surface area (Å²) < 4.78 is 7.18. The fraction of sp³-hybridized carbons (Fsp3) is 0.241. The van der Waals surface area contributed by atoms with Crippen LogP contribution in [0.4, 0.5) is 11.4 Å². The molecule has 8 nitrogen and oxygen atoms in total. The van der Waals surface area contributed by atoms with Crippen molar-refractivity contribution < 1.29 is 9.66 Å². The number of hydrogen-bond acceptors (Lipinski definition) is 5. The van der Waals surface area contributed by atoms with Crippen molar-refractivity contribution in [3.8, 4) is 11.4 Å². The van der Waals surface area contributed by atoms with Crippen LogP contribution in [-0.2, 0) is 0 Å². The number of thiocarbonyl (C=S) groups is 1. The van der Waals surface area contributed by atoms with Gasteiger partial charge in [-0.25, -0.2) is 0 Å². The molecule has 0 bridgehead atoms. The number of nitro benzene ring substituents is 1. The minimum absolute atomic E-state index is 0.0231. The lowest BCUT2D eigenvalue weighted by atomic mass is 9.96. The Morgan fingerprint density at radius 1 is 1.03 bits per heavy atom. The number of aromatic nitrogens is 2. The second kappa shape index (κ2) is 9.90. The zero-order chi connectivity index (χ0) is 27.1. The Morgan fingerprint density at radius 3 is 2.47 bits per heavy atom. The van der Waals surface area contributed by atoms with Crippen molar-refractivity contribution in [2.45, 2.75) is 39.8 Å². The predicted octanol–water partition coefficient (Wildman–Crippen LogP) is 6.20. The van der Waals surface area contributed by atoms with Gasteiger partial charge in [0.15, 0.2) is 5.11 Å². The summed E-state index contributed by atoms with van der Waals surface area (Å²) in [5.41, 5.74) is 7.46. The first-order chi connectivity index (χ1) is 18.2. The molecule has 2 atom stereocenters. The number of rotatable bonds is 6. The van der Waals surface area contributed by atoms with Gasteiger partial charge in [0, 0.05) is 23.3 Å². The molecule has 0 saturated carbocycles. The normalized spacial score (nSPS) is 17.0. The topological polar surface area (TPSA) is 85.5 Å². The Hall–Kier alpha value is -4.24. The zero-order valence-electron chi connectivity index (χ0n) is 21.9. The first-order valence-electron chi connectivity index (χ1n) is 12.3. The molecule has 1 saturated heterocycles. The van der Waals surface area contributed by atoms with Crippen molar-refractivity contribution in [1.29, 1.82) is 0 Å². The Morgan fingerprint density at radius 2 is 1.82 bits per heavy atom. The second-order valence-electron chi connectivity index (χ2n) is 9.54. The van der Waals surface area contributed by atoms with E-state index in [1.54, 1.807) is 18.3 Å². The molecule has 4 aromatic rings. The number of hydrogen-bond donors (Lipinski definition) is 1. The van der Waals surface area contributed by atoms with Crippen molar-refractivity contribution >= 4 is 28.7 Å². The van der Waals surface area contributed by atoms with E-state index in [9.17, 15) is 10.1 Å². The van der Waals surface area contributed by atoms with Gasteiger partial charge in [0.2, 0.25) is 0 Å². The van der Waals surface area contributed by atoms with Gasteiger partial charge in [0.05, 0.1) is 35.9 Å². The van der Waals surface area contributed by atoms with E-state index in [0.29, 0.717) is 16.5 Å². The number of aryl methyl sites for hydroxylation is 3. The van der Waals surface area contributed by atoms with Crippen LogP contribution in [0.25, 0.3) is 5.69 Å². The molecule has 1 fully saturated rings. The summed E-state index contributed by atoms with van der Waals surface area (Å²) in [6.45, 7) is 8.13. The number of anilines is 1. The van der Waals surface area contributed by atoms with Crippen LogP contribution in [0.5, 0.6) is 5.75 Å². The number of nitrogens with zero attached hydrogens (tertiary/aromatic N) is 4. The fourth-order valence-corrected chi connectivity index (χ4v) is 5.59. The first-order valence-corrected chi connectivity index (χ1v) is 12.7. The lowest BCUT2D eigenvalue weighted by Crippen LogP contribution is -2.29. The largest absolute Gasteiger partial charge is 0.496 e. The van der Waals surface area contributed by atoms with Gasteiger partial charge in [-0.15, -0.1) is 0 Å². The maximum absolute atomic E-state index is 12.0. The standard InChI is InChI=1S/C29H29N5O3S/c1-17-9-10-21(14-18(17)2)33-28(27(31-29(33)38)24-8-6-7-13-30-24)23-15-19(3)32(20(23)4)25-12-11-22(37-5)16-26(25)34(35)36/h6-16,27-28H,1-5H3,(H,31,38)/t27-,28-/m0/s1. The number of nitrogens with one attached hydrogen (secondary N) is 1. The van der Waals surface area contributed by atoms with Gasteiger partial charge in [-0.1, -0.05) is 12.1 Å². The van der Waals surface area contributed by atoms with Crippen molar-refractivity contribution in [2.75, 3.05) is 12.0 Å². The van der Waals surface area contributed by atoms with Gasteiger partial charge in [0.1, 0.15) is 11.4 Å². The molecule has 0 radical (unpaired) electrons. The number of methoxy groups -OCH3 is 1. The monoisotopic (exact) mass is 527 g/mol. The van der Waals surface area contributed by atoms with Crippen LogP contribution in [0.15, 0.2) is 66.9 Å². The van der Waals surface area contributed by atoms with E-state index in [0.717, 1.165) is 28.3 Å². The molecular formula is C29H29N5O3S. The lowest BCUT2D eigenvalue weighted by molar-refractivity contribution is -0.384. The van der Waals surface area contributed by atoms with Crippen molar-refractivity contribution in [3.05, 3.63) is 111 Å².